The van der Waals surface area contributed by atoms with Crippen LogP contribution in [0.1, 0.15) is 36.1 Å². The van der Waals surface area contributed by atoms with Crippen molar-refractivity contribution in [2.45, 2.75) is 39.9 Å². The van der Waals surface area contributed by atoms with E-state index >= 15 is 0 Å². The molecule has 8 heteroatoms. The second kappa shape index (κ2) is 13.4. The largest absolute Gasteiger partial charge is 0.313 e. The van der Waals surface area contributed by atoms with Crippen molar-refractivity contribution in [2.75, 3.05) is 38.1 Å². The molecule has 208 valence electrons. The van der Waals surface area contributed by atoms with Crippen LogP contribution in [0, 0.1) is 18.3 Å². The Morgan fingerprint density at radius 1 is 0.950 bits per heavy atom. The molecule has 3 aromatic rings. The van der Waals surface area contributed by atoms with E-state index in [2.05, 4.69) is 42.7 Å². The van der Waals surface area contributed by atoms with Crippen LogP contribution >= 0.6 is 0 Å². The number of carbonyl (C=O) groups is 2. The number of amides is 2. The van der Waals surface area contributed by atoms with Gasteiger partial charge in [-0.3, -0.25) is 19.9 Å². The first-order chi connectivity index (χ1) is 19.3. The number of nitrogens with zero attached hydrogens (tertiary/aromatic N) is 4. The second-order valence-electron chi connectivity index (χ2n) is 10.5. The third-order valence-corrected chi connectivity index (χ3v) is 7.20. The van der Waals surface area contributed by atoms with E-state index in [4.69, 9.17) is 5.26 Å². The van der Waals surface area contributed by atoms with E-state index in [0.29, 0.717) is 37.8 Å². The van der Waals surface area contributed by atoms with E-state index in [1.165, 1.54) is 11.1 Å². The van der Waals surface area contributed by atoms with Crippen molar-refractivity contribution in [3.63, 3.8) is 0 Å². The molecule has 2 amide bonds. The van der Waals surface area contributed by atoms with Gasteiger partial charge < -0.3 is 10.2 Å². The number of benzene rings is 3. The number of hydrazine groups is 1. The van der Waals surface area contributed by atoms with Gasteiger partial charge in [0.2, 0.25) is 5.91 Å². The molecule has 0 aliphatic carbocycles. The van der Waals surface area contributed by atoms with Gasteiger partial charge in [0.1, 0.15) is 0 Å². The van der Waals surface area contributed by atoms with Crippen LogP contribution in [-0.4, -0.2) is 61.1 Å². The van der Waals surface area contributed by atoms with Gasteiger partial charge in [0.15, 0.2) is 0 Å². The average Bonchev–Trinajstić information content (AvgIpc) is 3.39. The second-order valence-corrected chi connectivity index (χ2v) is 10.5. The Hall–Kier alpha value is -4.03. The van der Waals surface area contributed by atoms with Gasteiger partial charge in [-0.15, -0.1) is 0 Å². The number of nitriles is 1. The third kappa shape index (κ3) is 7.13. The molecule has 0 spiro atoms. The van der Waals surface area contributed by atoms with Crippen molar-refractivity contribution in [2.24, 2.45) is 0 Å². The van der Waals surface area contributed by atoms with Crippen molar-refractivity contribution < 1.29 is 9.59 Å². The number of fused-ring (bicyclic) bond motifs is 1. The highest BCUT2D eigenvalue weighted by molar-refractivity contribution is 5.96. The van der Waals surface area contributed by atoms with Gasteiger partial charge in [0.25, 0.3) is 5.91 Å². The molecule has 0 saturated carbocycles. The monoisotopic (exact) mass is 538 g/mol. The van der Waals surface area contributed by atoms with Crippen molar-refractivity contribution >= 4 is 17.5 Å². The Kier molecular flexibility index (Phi) is 9.67. The lowest BCUT2D eigenvalue weighted by molar-refractivity contribution is -0.145. The maximum absolute atomic E-state index is 13.5. The highest BCUT2D eigenvalue weighted by Gasteiger charge is 2.25. The SMILES string of the molecule is Cc1ccc(-c2ccc(C#N)cc2)cc1N(CCNC(C)C)C(=O)CNCC(=O)N(C)N1Cc2ccccc2C1. The Morgan fingerprint density at radius 3 is 2.20 bits per heavy atom. The molecule has 0 atom stereocenters. The average molecular weight is 539 g/mol. The molecule has 3 aromatic carbocycles. The summed E-state index contributed by atoms with van der Waals surface area (Å²) in [5.41, 5.74) is 6.83. The van der Waals surface area contributed by atoms with Crippen molar-refractivity contribution in [1.29, 1.82) is 5.26 Å². The number of rotatable bonds is 11. The first kappa shape index (κ1) is 29.0. The minimum Gasteiger partial charge on any atom is -0.313 e. The molecule has 8 nitrogen and oxygen atoms in total. The fourth-order valence-corrected chi connectivity index (χ4v) is 4.83. The van der Waals surface area contributed by atoms with Crippen LogP contribution in [0.4, 0.5) is 5.69 Å². The molecule has 2 N–H and O–H groups in total. The number of carbonyl (C=O) groups excluding carboxylic acids is 2. The zero-order valence-corrected chi connectivity index (χ0v) is 23.8. The number of aryl methyl sites for hydroxylation is 1. The van der Waals surface area contributed by atoms with Gasteiger partial charge in [-0.1, -0.05) is 62.4 Å². The maximum Gasteiger partial charge on any atom is 0.250 e. The van der Waals surface area contributed by atoms with Crippen LogP contribution < -0.4 is 15.5 Å². The first-order valence-electron chi connectivity index (χ1n) is 13.7. The predicted octanol–water partition coefficient (Wildman–Crippen LogP) is 3.84. The van der Waals surface area contributed by atoms with Crippen LogP contribution in [-0.2, 0) is 22.7 Å². The highest BCUT2D eigenvalue weighted by Crippen LogP contribution is 2.28. The summed E-state index contributed by atoms with van der Waals surface area (Å²) in [7, 11) is 1.78. The van der Waals surface area contributed by atoms with Crippen LogP contribution in [0.15, 0.2) is 66.7 Å². The topological polar surface area (TPSA) is 91.7 Å². The van der Waals surface area contributed by atoms with Gasteiger partial charge in [-0.2, -0.15) is 5.26 Å². The first-order valence-corrected chi connectivity index (χ1v) is 13.7. The fraction of sp³-hybridized carbons (Fsp3) is 0.344. The van der Waals surface area contributed by atoms with Gasteiger partial charge in [0.05, 0.1) is 24.7 Å². The van der Waals surface area contributed by atoms with E-state index in [-0.39, 0.29) is 24.9 Å². The molecular formula is C32H38N6O2. The van der Waals surface area contributed by atoms with Crippen molar-refractivity contribution in [3.05, 3.63) is 89.0 Å². The predicted molar refractivity (Wildman–Crippen MR) is 158 cm³/mol. The molecule has 0 unspecified atom stereocenters. The third-order valence-electron chi connectivity index (χ3n) is 7.20. The van der Waals surface area contributed by atoms with Crippen molar-refractivity contribution in [3.8, 4) is 17.2 Å². The summed E-state index contributed by atoms with van der Waals surface area (Å²) in [4.78, 5) is 28.2. The molecular weight excluding hydrogens is 500 g/mol. The smallest absolute Gasteiger partial charge is 0.250 e. The van der Waals surface area contributed by atoms with Gasteiger partial charge >= 0.3 is 0 Å². The van der Waals surface area contributed by atoms with Gasteiger partial charge in [-0.05, 0) is 52.9 Å². The van der Waals surface area contributed by atoms with E-state index in [1.807, 2.05) is 54.4 Å². The minimum atomic E-state index is -0.102. The van der Waals surface area contributed by atoms with Crippen LogP contribution in [0.5, 0.6) is 0 Å². The summed E-state index contributed by atoms with van der Waals surface area (Å²) < 4.78 is 0. The fourth-order valence-electron chi connectivity index (χ4n) is 4.83. The molecule has 1 heterocycles. The molecule has 40 heavy (non-hydrogen) atoms. The lowest BCUT2D eigenvalue weighted by Crippen LogP contribution is -2.47. The summed E-state index contributed by atoms with van der Waals surface area (Å²) >= 11 is 0. The summed E-state index contributed by atoms with van der Waals surface area (Å²) in [6.07, 6.45) is 0. The zero-order valence-electron chi connectivity index (χ0n) is 23.8. The number of hydrogen-bond acceptors (Lipinski definition) is 6. The number of likely N-dealkylation sites (N-methyl/N-ethyl adjacent to an activating group) is 1. The van der Waals surface area contributed by atoms with Crippen molar-refractivity contribution in [1.82, 2.24) is 20.7 Å². The summed E-state index contributed by atoms with van der Waals surface area (Å²) in [6.45, 7) is 8.79. The number of anilines is 1. The molecule has 0 aromatic heterocycles. The minimum absolute atomic E-state index is 0.0437. The van der Waals surface area contributed by atoms with Gasteiger partial charge in [-0.25, -0.2) is 5.01 Å². The molecule has 4 rings (SSSR count). The van der Waals surface area contributed by atoms with E-state index in [9.17, 15) is 9.59 Å². The van der Waals surface area contributed by atoms with E-state index in [0.717, 1.165) is 22.4 Å². The Morgan fingerprint density at radius 2 is 1.57 bits per heavy atom. The van der Waals surface area contributed by atoms with Crippen LogP contribution in [0.3, 0.4) is 0 Å². The normalized spacial score (nSPS) is 12.7. The van der Waals surface area contributed by atoms with Crippen LogP contribution in [0.2, 0.25) is 0 Å². The quantitative estimate of drug-likeness (QED) is 0.386. The molecule has 1 aliphatic heterocycles. The number of hydrogen-bond donors (Lipinski definition) is 2. The highest BCUT2D eigenvalue weighted by atomic mass is 16.2. The van der Waals surface area contributed by atoms with Gasteiger partial charge in [0, 0.05) is 45.0 Å². The summed E-state index contributed by atoms with van der Waals surface area (Å²) in [6, 6.07) is 24.1. The molecule has 0 bridgehead atoms. The molecule has 1 aliphatic rings. The molecule has 0 radical (unpaired) electrons. The Balaban J connectivity index is 1.42. The van der Waals surface area contributed by atoms with E-state index < -0.39 is 0 Å². The number of nitrogens with one attached hydrogen (secondary N) is 2. The van der Waals surface area contributed by atoms with E-state index in [1.54, 1.807) is 29.1 Å². The maximum atomic E-state index is 13.5. The molecule has 0 saturated heterocycles. The zero-order chi connectivity index (χ0) is 28.6. The standard InChI is InChI=1S/C32H38N6O2/c1-23(2)35-15-16-38(30-17-27(12-9-24(30)3)26-13-10-25(18-33)11-14-26)32(40)20-34-19-31(39)36(4)37-21-28-7-5-6-8-29(28)22-37/h5-14,17,23,34-35H,15-16,19-22H2,1-4H3. The summed E-state index contributed by atoms with van der Waals surface area (Å²) in [5, 5.41) is 19.3. The lowest BCUT2D eigenvalue weighted by atomic mass is 10.0. The summed E-state index contributed by atoms with van der Waals surface area (Å²) in [5.74, 6) is -0.192. The Bertz CT molecular complexity index is 1350. The Labute approximate surface area is 237 Å². The van der Waals surface area contributed by atoms with Crippen LogP contribution in [0.25, 0.3) is 11.1 Å². The molecule has 0 fully saturated rings. The lowest BCUT2D eigenvalue weighted by Gasteiger charge is -2.28.